The molecule has 0 amide bonds. The Morgan fingerprint density at radius 1 is 0.469 bits per heavy atom. The lowest BCUT2D eigenvalue weighted by Crippen LogP contribution is -2.40. The highest BCUT2D eigenvalue weighted by Crippen LogP contribution is 2.50. The van der Waals surface area contributed by atoms with Gasteiger partial charge in [-0.25, -0.2) is 0 Å². The van der Waals surface area contributed by atoms with Crippen LogP contribution in [0.25, 0.3) is 77.1 Å². The number of para-hydroxylation sites is 3. The number of benzene rings is 8. The lowest BCUT2D eigenvalue weighted by molar-refractivity contribution is 0.590. The van der Waals surface area contributed by atoms with Gasteiger partial charge in [-0.05, 0) is 99.7 Å². The molecular weight excluding hydrogens is 783 g/mol. The van der Waals surface area contributed by atoms with Gasteiger partial charge in [0.05, 0.1) is 17.0 Å². The Kier molecular flexibility index (Phi) is 8.39. The molecule has 0 bridgehead atoms. The second-order valence-corrected chi connectivity index (χ2v) is 19.4. The third-order valence-corrected chi connectivity index (χ3v) is 13.2. The van der Waals surface area contributed by atoms with Crippen LogP contribution in [0, 0.1) is 0 Å². The minimum absolute atomic E-state index is 0.0309. The molecule has 0 atom stereocenters. The van der Waals surface area contributed by atoms with E-state index in [1.165, 1.54) is 11.1 Å². The summed E-state index contributed by atoms with van der Waals surface area (Å²) in [5, 5.41) is 9.22. The maximum atomic E-state index is 7.06. The van der Waals surface area contributed by atoms with Crippen molar-refractivity contribution in [2.75, 3.05) is 10.2 Å². The number of hydrogen-bond donors (Lipinski definition) is 1. The molecule has 64 heavy (non-hydrogen) atoms. The summed E-state index contributed by atoms with van der Waals surface area (Å²) in [5.74, 6) is 0. The Morgan fingerprint density at radius 3 is 1.78 bits per heavy atom. The molecule has 0 saturated carbocycles. The van der Waals surface area contributed by atoms with Gasteiger partial charge in [0, 0.05) is 60.7 Å². The number of rotatable bonds is 5. The third kappa shape index (κ3) is 6.07. The van der Waals surface area contributed by atoms with E-state index in [9.17, 15) is 0 Å². The third-order valence-electron chi connectivity index (χ3n) is 13.2. The first-order valence-electron chi connectivity index (χ1n) is 22.3. The smallest absolute Gasteiger partial charge is 0.245 e. The molecule has 3 aromatic heterocycles. The topological polar surface area (TPSA) is 54.7 Å². The Labute approximate surface area is 373 Å². The van der Waals surface area contributed by atoms with E-state index in [1.807, 2.05) is 12.1 Å². The zero-order valence-corrected chi connectivity index (χ0v) is 37.0. The van der Waals surface area contributed by atoms with E-state index in [0.29, 0.717) is 7.28 Å². The van der Waals surface area contributed by atoms with Gasteiger partial charge >= 0.3 is 0 Å². The fourth-order valence-electron chi connectivity index (χ4n) is 9.86. The van der Waals surface area contributed by atoms with E-state index in [2.05, 4.69) is 203 Å². The van der Waals surface area contributed by atoms with Gasteiger partial charge in [-0.15, -0.1) is 0 Å². The van der Waals surface area contributed by atoms with Gasteiger partial charge < -0.3 is 23.5 Å². The monoisotopic (exact) mass is 830 g/mol. The number of hydrogen-bond acceptors (Lipinski definition) is 5. The summed E-state index contributed by atoms with van der Waals surface area (Å²) in [5.41, 5.74) is 18.2. The normalized spacial score (nSPS) is 12.9. The zero-order chi connectivity index (χ0) is 43.5. The predicted octanol–water partition coefficient (Wildman–Crippen LogP) is 15.1. The van der Waals surface area contributed by atoms with Crippen LogP contribution < -0.4 is 21.3 Å². The molecule has 0 aliphatic carbocycles. The molecule has 0 unspecified atom stereocenters. The van der Waals surface area contributed by atoms with E-state index in [-0.39, 0.29) is 10.8 Å². The van der Waals surface area contributed by atoms with E-state index in [4.69, 9.17) is 13.3 Å². The van der Waals surface area contributed by atoms with Crippen molar-refractivity contribution in [1.29, 1.82) is 0 Å². The van der Waals surface area contributed by atoms with Crippen molar-refractivity contribution >= 4 is 102 Å². The predicted molar refractivity (Wildman–Crippen MR) is 270 cm³/mol. The Morgan fingerprint density at radius 2 is 1.08 bits per heavy atom. The molecule has 8 aromatic carbocycles. The molecule has 0 saturated heterocycles. The molecule has 0 spiro atoms. The molecule has 310 valence electrons. The van der Waals surface area contributed by atoms with Gasteiger partial charge in [-0.2, -0.15) is 0 Å². The molecule has 0 radical (unpaired) electrons. The van der Waals surface area contributed by atoms with E-state index >= 15 is 0 Å². The number of furan rings is 3. The summed E-state index contributed by atoms with van der Waals surface area (Å²) in [6.45, 7) is 13.6. The maximum Gasteiger partial charge on any atom is 0.245 e. The SMILES string of the molecule is CC(C)(C)c1ccc(Nc2cc3c(cc2-c2c4c(cc5c2oc2ccccc25)N(c2ccc(C(C)(C)C)cc2-c2ccccc2)c2c(oc5ccccc25)B4)oc2ccccc23)cc1. The fraction of sp³-hybridized carbons (Fsp3) is 0.138. The van der Waals surface area contributed by atoms with Crippen molar-refractivity contribution in [3.63, 3.8) is 0 Å². The maximum absolute atomic E-state index is 7.06. The van der Waals surface area contributed by atoms with Crippen LogP contribution in [0.3, 0.4) is 0 Å². The van der Waals surface area contributed by atoms with E-state index in [1.54, 1.807) is 0 Å². The minimum Gasteiger partial charge on any atom is -0.469 e. The first-order valence-corrected chi connectivity index (χ1v) is 22.3. The molecular formula is C58H47BN2O3. The van der Waals surface area contributed by atoms with Crippen molar-refractivity contribution in [2.24, 2.45) is 0 Å². The number of nitrogens with one attached hydrogen (secondary N) is 1. The van der Waals surface area contributed by atoms with Gasteiger partial charge in [0.1, 0.15) is 27.9 Å². The highest BCUT2D eigenvalue weighted by Gasteiger charge is 2.36. The molecule has 6 heteroatoms. The minimum atomic E-state index is -0.0594. The molecule has 0 fully saturated rings. The quantitative estimate of drug-likeness (QED) is 0.175. The molecule has 5 nitrogen and oxygen atoms in total. The molecule has 1 aliphatic rings. The first-order chi connectivity index (χ1) is 31.0. The van der Waals surface area contributed by atoms with Crippen molar-refractivity contribution in [3.05, 3.63) is 175 Å². The second kappa shape index (κ2) is 14.0. The standard InChI is InChI=1S/C58H47BN2O3/c1-57(2,3)35-24-27-37(28-25-35)60-45-31-42-38-18-10-13-21-48(38)62-51(42)33-44(45)52-53-47(32-43-39-19-11-14-22-49(39)63-55(43)52)61(54-40-20-12-15-23-50(40)64-56(54)59-53)46-29-26-36(58(4,5)6)30-41(46)34-16-8-7-9-17-34/h7-33,59-60H,1-6H3. The molecule has 12 rings (SSSR count). The average molecular weight is 831 g/mol. The largest absolute Gasteiger partial charge is 0.469 e. The summed E-state index contributed by atoms with van der Waals surface area (Å²) >= 11 is 0. The highest BCUT2D eigenvalue weighted by atomic mass is 16.3. The summed E-state index contributed by atoms with van der Waals surface area (Å²) < 4.78 is 20.7. The summed E-state index contributed by atoms with van der Waals surface area (Å²) in [7, 11) is 0.552. The first kappa shape index (κ1) is 38.3. The Bertz CT molecular complexity index is 3640. The lowest BCUT2D eigenvalue weighted by Gasteiger charge is -2.35. The van der Waals surface area contributed by atoms with Crippen LogP contribution in [0.2, 0.25) is 0 Å². The molecule has 11 aromatic rings. The Balaban J connectivity index is 1.20. The van der Waals surface area contributed by atoms with Crippen LogP contribution in [0.4, 0.5) is 28.4 Å². The van der Waals surface area contributed by atoms with Crippen molar-refractivity contribution < 1.29 is 13.3 Å². The number of anilines is 5. The van der Waals surface area contributed by atoms with Gasteiger partial charge in [0.2, 0.25) is 7.28 Å². The summed E-state index contributed by atoms with van der Waals surface area (Å²) in [4.78, 5) is 2.47. The molecule has 1 aliphatic heterocycles. The highest BCUT2D eigenvalue weighted by molar-refractivity contribution is 6.73. The summed E-state index contributed by atoms with van der Waals surface area (Å²) in [6, 6.07) is 58.6. The van der Waals surface area contributed by atoms with E-state index < -0.39 is 0 Å². The van der Waals surface area contributed by atoms with Crippen LogP contribution in [-0.2, 0) is 10.8 Å². The average Bonchev–Trinajstić information content (AvgIpc) is 3.98. The van der Waals surface area contributed by atoms with Crippen LogP contribution in [0.15, 0.2) is 177 Å². The molecule has 4 heterocycles. The van der Waals surface area contributed by atoms with Crippen LogP contribution in [-0.4, -0.2) is 7.28 Å². The van der Waals surface area contributed by atoms with Gasteiger partial charge in [-0.1, -0.05) is 139 Å². The Hall–Kier alpha value is -7.44. The van der Waals surface area contributed by atoms with Crippen LogP contribution >= 0.6 is 0 Å². The fourth-order valence-corrected chi connectivity index (χ4v) is 9.86. The molecule has 1 N–H and O–H groups in total. The lowest BCUT2D eigenvalue weighted by atomic mass is 9.61. The van der Waals surface area contributed by atoms with Crippen LogP contribution in [0.5, 0.6) is 0 Å². The van der Waals surface area contributed by atoms with Gasteiger partial charge in [0.15, 0.2) is 0 Å². The van der Waals surface area contributed by atoms with E-state index in [0.717, 1.165) is 117 Å². The van der Waals surface area contributed by atoms with Crippen molar-refractivity contribution in [3.8, 4) is 22.3 Å². The van der Waals surface area contributed by atoms with Crippen LogP contribution in [0.1, 0.15) is 52.7 Å². The zero-order valence-electron chi connectivity index (χ0n) is 37.0. The van der Waals surface area contributed by atoms with Crippen molar-refractivity contribution in [2.45, 2.75) is 52.4 Å². The number of nitrogens with zero attached hydrogens (tertiary/aromatic N) is 1. The second-order valence-electron chi connectivity index (χ2n) is 19.4. The van der Waals surface area contributed by atoms with Crippen molar-refractivity contribution in [1.82, 2.24) is 0 Å². The summed E-state index contributed by atoms with van der Waals surface area (Å²) in [6.07, 6.45) is 0. The number of fused-ring (bicyclic) bond motifs is 10. The van der Waals surface area contributed by atoms with Gasteiger partial charge in [0.25, 0.3) is 0 Å². The van der Waals surface area contributed by atoms with Gasteiger partial charge in [-0.3, -0.25) is 0 Å².